The monoisotopic (exact) mass is 1150 g/mol. The van der Waals surface area contributed by atoms with Crippen LogP contribution < -0.4 is 49.9 Å². The van der Waals surface area contributed by atoms with Gasteiger partial charge in [0, 0.05) is 54.6 Å². The van der Waals surface area contributed by atoms with Crippen molar-refractivity contribution in [1.29, 1.82) is 0 Å². The molecule has 0 bridgehead atoms. The molecule has 4 aliphatic rings. The molecule has 454 valence electrons. The zero-order valence-corrected chi connectivity index (χ0v) is 43.7. The SMILES string of the molecule is C.C.C.CC(C)(C)OC(=O)N[C@@H]1CCCC(F)(F)[C@@H]1N.CC(C)(C)OC(=O)N[C@@H]1CCCC(F)(F)[C@@H]1N=[N+]=[N-].NC(=O)c1cnc(N[C@@H]2CCCC(F)(F)[C@@H]2N)nc1Nc1cccc(-n2nccn2)c1.N[C@@H]1CCCC(F)(F)[C@@H]1N. The molecule has 2 aromatic heterocycles. The number of azide groups is 1. The summed E-state index contributed by atoms with van der Waals surface area (Å²) in [5, 5.41) is 21.9. The first-order chi connectivity index (χ1) is 35.6. The lowest BCUT2D eigenvalue weighted by molar-refractivity contribution is -0.0636. The highest BCUT2D eigenvalue weighted by atomic mass is 19.3. The van der Waals surface area contributed by atoms with E-state index >= 15 is 0 Å². The summed E-state index contributed by atoms with van der Waals surface area (Å²) in [6, 6.07) is -1.20. The number of benzene rings is 1. The lowest BCUT2D eigenvalue weighted by atomic mass is 9.87. The standard InChI is InChI=1S/C19H21F2N9O.C11H18F2N4O2.C11H20F2N2O2.C6H12F2N2.3CH4/c20-19(21)6-2-5-14(15(19)22)28-18-24-10-13(16(23)31)17(29-18)27-11-3-1-4-12(9-11)30-25-7-8-26-30;1-10(2,3)19-9(18)15-7-5-4-6-11(12,13)8(7)16-17-14;1-10(2,3)17-9(16)15-7-5-4-6-11(12,13)8(7)14;7-6(8)3-1-2-4(9)5(6)10;;;/h1,3-4,7-10,14-15H,2,5-6,22H2,(H2,23,31)(H2,24,27,28,29);7-8H,4-6H2,1-3H3,(H,15,18);7-8H,4-6,14H2,1-3H3,(H,15,16);4-5H,1-3,9-10H2;3*1H4/t14-,15-;2*7-,8-;4-,5-;;;/m1111.../s1. The molecule has 7 rings (SSSR count). The number of nitrogens with two attached hydrogens (primary N) is 5. The first-order valence-electron chi connectivity index (χ1n) is 24.9. The molecular formula is C50H83F8N17O5. The number of carbonyl (C=O) groups is 3. The van der Waals surface area contributed by atoms with Crippen molar-refractivity contribution in [2.45, 2.75) is 224 Å². The van der Waals surface area contributed by atoms with Gasteiger partial charge in [0.2, 0.25) is 5.95 Å². The van der Waals surface area contributed by atoms with E-state index in [2.05, 4.69) is 51.5 Å². The van der Waals surface area contributed by atoms with Gasteiger partial charge in [-0.05, 0) is 117 Å². The minimum atomic E-state index is -3.11. The van der Waals surface area contributed by atoms with Crippen LogP contribution >= 0.6 is 0 Å². The number of hydrogen-bond acceptors (Lipinski definition) is 16. The molecule has 4 fully saturated rings. The van der Waals surface area contributed by atoms with Crippen LogP contribution in [0.3, 0.4) is 0 Å². The average molecular weight is 1150 g/mol. The second kappa shape index (κ2) is 29.9. The number of primary amides is 1. The highest BCUT2D eigenvalue weighted by Crippen LogP contribution is 2.37. The smallest absolute Gasteiger partial charge is 0.407 e. The summed E-state index contributed by atoms with van der Waals surface area (Å²) in [6.45, 7) is 10.2. The summed E-state index contributed by atoms with van der Waals surface area (Å²) in [4.78, 5) is 47.1. The summed E-state index contributed by atoms with van der Waals surface area (Å²) in [5.74, 6) is -12.3. The van der Waals surface area contributed by atoms with E-state index in [0.29, 0.717) is 56.3 Å². The zero-order valence-electron chi connectivity index (χ0n) is 43.7. The van der Waals surface area contributed by atoms with Gasteiger partial charge < -0.3 is 59.4 Å². The fourth-order valence-electron chi connectivity index (χ4n) is 8.49. The molecule has 22 nitrogen and oxygen atoms in total. The highest BCUT2D eigenvalue weighted by Gasteiger charge is 2.49. The van der Waals surface area contributed by atoms with Crippen molar-refractivity contribution in [3.63, 3.8) is 0 Å². The van der Waals surface area contributed by atoms with Gasteiger partial charge in [-0.1, -0.05) is 33.5 Å². The number of nitrogens with one attached hydrogen (secondary N) is 4. The number of aromatic nitrogens is 5. The number of alkyl halides is 8. The van der Waals surface area contributed by atoms with Gasteiger partial charge in [-0.2, -0.15) is 20.0 Å². The quantitative estimate of drug-likeness (QED) is 0.0417. The summed E-state index contributed by atoms with van der Waals surface area (Å²) < 4.78 is 117. The van der Waals surface area contributed by atoms with E-state index in [1.807, 2.05) is 0 Å². The van der Waals surface area contributed by atoms with E-state index < -0.39 is 101 Å². The fourth-order valence-corrected chi connectivity index (χ4v) is 8.49. The number of carbonyl (C=O) groups excluding carboxylic acids is 3. The van der Waals surface area contributed by atoms with E-state index in [-0.39, 0.29) is 71.7 Å². The number of ether oxygens (including phenoxy) is 2. The van der Waals surface area contributed by atoms with Crippen LogP contribution in [0.4, 0.5) is 62.2 Å². The number of alkyl carbamates (subject to hydrolysis) is 2. The largest absolute Gasteiger partial charge is 0.444 e. The molecule has 3 amide bonds. The van der Waals surface area contributed by atoms with E-state index in [9.17, 15) is 49.5 Å². The lowest BCUT2D eigenvalue weighted by Gasteiger charge is -2.36. The Morgan fingerprint density at radius 2 is 1.16 bits per heavy atom. The second-order valence-corrected chi connectivity index (χ2v) is 21.1. The molecule has 0 aliphatic heterocycles. The van der Waals surface area contributed by atoms with Crippen LogP contribution in [0.2, 0.25) is 0 Å². The average Bonchev–Trinajstić information content (AvgIpc) is 3.85. The van der Waals surface area contributed by atoms with Gasteiger partial charge in [-0.3, -0.25) is 4.79 Å². The third kappa shape index (κ3) is 21.6. The maximum Gasteiger partial charge on any atom is 0.407 e. The van der Waals surface area contributed by atoms with E-state index in [4.69, 9.17) is 43.7 Å². The first-order valence-corrected chi connectivity index (χ1v) is 24.9. The van der Waals surface area contributed by atoms with Crippen LogP contribution in [0.1, 0.15) is 151 Å². The molecule has 80 heavy (non-hydrogen) atoms. The Hall–Kier alpha value is -6.36. The zero-order chi connectivity index (χ0) is 57.7. The molecule has 4 saturated carbocycles. The van der Waals surface area contributed by atoms with Gasteiger partial charge in [0.1, 0.15) is 28.6 Å². The summed E-state index contributed by atoms with van der Waals surface area (Å²) in [6.07, 6.45) is 5.22. The van der Waals surface area contributed by atoms with Crippen LogP contribution in [0.15, 0.2) is 48.0 Å². The minimum absolute atomic E-state index is 0. The minimum Gasteiger partial charge on any atom is -0.444 e. The third-order valence-electron chi connectivity index (χ3n) is 12.4. The van der Waals surface area contributed by atoms with E-state index in [1.165, 1.54) is 11.0 Å². The molecular weight excluding hydrogens is 1070 g/mol. The molecule has 0 radical (unpaired) electrons. The maximum atomic E-state index is 14.0. The van der Waals surface area contributed by atoms with Crippen molar-refractivity contribution in [2.24, 2.45) is 33.8 Å². The first kappa shape index (κ1) is 71.7. The highest BCUT2D eigenvalue weighted by molar-refractivity contribution is 5.98. The molecule has 4 aliphatic carbocycles. The van der Waals surface area contributed by atoms with Gasteiger partial charge >= 0.3 is 12.2 Å². The van der Waals surface area contributed by atoms with Crippen LogP contribution in [-0.2, 0) is 9.47 Å². The number of hydrogen-bond donors (Lipinski definition) is 9. The number of amides is 3. The van der Waals surface area contributed by atoms with Gasteiger partial charge in [-0.15, -0.1) is 0 Å². The second-order valence-electron chi connectivity index (χ2n) is 21.1. The number of nitrogens with zero attached hydrogens (tertiary/aromatic N) is 8. The Kier molecular flexibility index (Phi) is 26.8. The Labute approximate surface area is 462 Å². The molecule has 14 N–H and O–H groups in total. The normalized spacial score (nSPS) is 25.1. The van der Waals surface area contributed by atoms with Crippen LogP contribution in [0.5, 0.6) is 0 Å². The maximum absolute atomic E-state index is 14.0. The van der Waals surface area contributed by atoms with Crippen molar-refractivity contribution >= 4 is 35.5 Å². The fraction of sp³-hybridized carbons (Fsp3) is 0.700. The lowest BCUT2D eigenvalue weighted by Crippen LogP contribution is -2.59. The van der Waals surface area contributed by atoms with Gasteiger partial charge in [-0.25, -0.2) is 49.7 Å². The van der Waals surface area contributed by atoms with E-state index in [0.717, 1.165) is 0 Å². The Bertz CT molecular complexity index is 2460. The number of rotatable bonds is 9. The molecule has 0 spiro atoms. The predicted octanol–water partition coefficient (Wildman–Crippen LogP) is 9.60. The Morgan fingerprint density at radius 3 is 1.65 bits per heavy atom. The van der Waals surface area contributed by atoms with Crippen molar-refractivity contribution in [1.82, 2.24) is 35.6 Å². The summed E-state index contributed by atoms with van der Waals surface area (Å²) in [7, 11) is 0. The van der Waals surface area contributed by atoms with Crippen molar-refractivity contribution in [3.8, 4) is 5.69 Å². The number of halogens is 8. The van der Waals surface area contributed by atoms with Crippen LogP contribution in [0, 0.1) is 0 Å². The molecule has 30 heteroatoms. The Balaban J connectivity index is 0.000000567. The van der Waals surface area contributed by atoms with Crippen molar-refractivity contribution < 1.29 is 59.0 Å². The third-order valence-corrected chi connectivity index (χ3v) is 12.4. The molecule has 3 aromatic rings. The summed E-state index contributed by atoms with van der Waals surface area (Å²) >= 11 is 0. The van der Waals surface area contributed by atoms with E-state index in [1.54, 1.807) is 78.2 Å². The predicted molar refractivity (Wildman–Crippen MR) is 289 cm³/mol. The molecule has 0 saturated heterocycles. The molecule has 8 atom stereocenters. The molecule has 1 aromatic carbocycles. The molecule has 2 heterocycles. The van der Waals surface area contributed by atoms with Crippen molar-refractivity contribution in [2.75, 3.05) is 10.6 Å². The number of anilines is 3. The van der Waals surface area contributed by atoms with Crippen molar-refractivity contribution in [3.05, 3.63) is 58.9 Å². The van der Waals surface area contributed by atoms with Gasteiger partial charge in [0.25, 0.3) is 29.6 Å². The van der Waals surface area contributed by atoms with Gasteiger partial charge in [0.05, 0.1) is 48.3 Å². The summed E-state index contributed by atoms with van der Waals surface area (Å²) in [5.41, 5.74) is 35.5. The Morgan fingerprint density at radius 1 is 0.700 bits per heavy atom. The van der Waals surface area contributed by atoms with Crippen LogP contribution in [-0.4, -0.2) is 126 Å². The van der Waals surface area contributed by atoms with Gasteiger partial charge in [0.15, 0.2) is 0 Å². The molecule has 0 unspecified atom stereocenters. The van der Waals surface area contributed by atoms with Crippen LogP contribution in [0.25, 0.3) is 16.1 Å². The topological polar surface area (TPSA) is 353 Å².